The van der Waals surface area contributed by atoms with Crippen LogP contribution in [0.1, 0.15) is 11.1 Å². The maximum Gasteiger partial charge on any atom is 0.416 e. The predicted octanol–water partition coefficient (Wildman–Crippen LogP) is 5.84. The topological polar surface area (TPSA) is 81.1 Å². The van der Waals surface area contributed by atoms with Gasteiger partial charge in [-0.1, -0.05) is 23.4 Å². The van der Waals surface area contributed by atoms with Crippen molar-refractivity contribution in [3.63, 3.8) is 0 Å². The van der Waals surface area contributed by atoms with Crippen LogP contribution in [0, 0.1) is 0 Å². The third-order valence-corrected chi connectivity index (χ3v) is 5.58. The maximum atomic E-state index is 12.9. The monoisotopic (exact) mass is 487 g/mol. The molecule has 162 valence electrons. The van der Waals surface area contributed by atoms with E-state index in [2.05, 4.69) is 0 Å². The first-order chi connectivity index (χ1) is 13.8. The average Bonchev–Trinajstić information content (AvgIpc) is 2.65. The van der Waals surface area contributed by atoms with Crippen molar-refractivity contribution in [2.75, 3.05) is 5.32 Å². The van der Waals surface area contributed by atoms with E-state index in [4.69, 9.17) is 22.5 Å². The Labute approximate surface area is 180 Å². The van der Waals surface area contributed by atoms with Crippen LogP contribution in [0.3, 0.4) is 0 Å². The van der Waals surface area contributed by atoms with Crippen LogP contribution in [-0.4, -0.2) is 5.91 Å². The van der Waals surface area contributed by atoms with Crippen LogP contribution in [-0.2, 0) is 17.1 Å². The Bertz CT molecular complexity index is 929. The minimum Gasteiger partial charge on any atom is -0.393 e. The molecular formula is C17H12ClF6N3OS2. The second-order valence-electron chi connectivity index (χ2n) is 5.62. The molecule has 1 amide bonds. The first-order valence-corrected chi connectivity index (χ1v) is 9.79. The van der Waals surface area contributed by atoms with Gasteiger partial charge in [-0.2, -0.15) is 26.3 Å². The van der Waals surface area contributed by atoms with Crippen molar-refractivity contribution in [1.29, 1.82) is 0 Å². The molecule has 0 saturated carbocycles. The number of benzene rings is 2. The molecule has 0 atom stereocenters. The molecule has 13 heteroatoms. The van der Waals surface area contributed by atoms with E-state index in [1.54, 1.807) is 24.3 Å². The first kappa shape index (κ1) is 24.3. The summed E-state index contributed by atoms with van der Waals surface area (Å²) < 4.78 is 77.7. The van der Waals surface area contributed by atoms with Gasteiger partial charge >= 0.3 is 12.4 Å². The van der Waals surface area contributed by atoms with Gasteiger partial charge in [-0.05, 0) is 54.4 Å². The summed E-state index contributed by atoms with van der Waals surface area (Å²) in [5.74, 6) is -1.11. The lowest BCUT2D eigenvalue weighted by Gasteiger charge is -2.15. The van der Waals surface area contributed by atoms with Crippen LogP contribution in [0.2, 0.25) is 5.02 Å². The van der Waals surface area contributed by atoms with Crippen LogP contribution in [0.25, 0.3) is 0 Å². The van der Waals surface area contributed by atoms with Crippen LogP contribution in [0.15, 0.2) is 57.3 Å². The number of carbonyl (C=O) groups is 1. The molecule has 0 spiro atoms. The zero-order valence-corrected chi connectivity index (χ0v) is 17.0. The number of alkyl halides is 6. The van der Waals surface area contributed by atoms with E-state index in [1.807, 2.05) is 5.32 Å². The SMILES string of the molecule is NS/C(Sc1ccc(Cl)cc1)=C(\N)C(=O)Nc1cc(C(F)(F)F)cc(C(F)(F)F)c1. The van der Waals surface area contributed by atoms with Crippen molar-refractivity contribution in [2.45, 2.75) is 17.2 Å². The molecule has 0 radical (unpaired) electrons. The number of carbonyl (C=O) groups excluding carboxylic acids is 1. The minimum absolute atomic E-state index is 0.0492. The predicted molar refractivity (Wildman–Crippen MR) is 105 cm³/mol. The molecule has 0 aromatic heterocycles. The molecule has 2 aromatic rings. The van der Waals surface area contributed by atoms with Crippen molar-refractivity contribution in [2.24, 2.45) is 10.9 Å². The maximum absolute atomic E-state index is 12.9. The van der Waals surface area contributed by atoms with Gasteiger partial charge < -0.3 is 11.1 Å². The van der Waals surface area contributed by atoms with E-state index in [9.17, 15) is 31.1 Å². The number of hydrogen-bond acceptors (Lipinski definition) is 5. The Balaban J connectivity index is 2.34. The summed E-state index contributed by atoms with van der Waals surface area (Å²) in [5, 5.41) is 7.91. The number of nitrogens with two attached hydrogens (primary N) is 2. The van der Waals surface area contributed by atoms with E-state index < -0.39 is 40.8 Å². The number of nitrogens with one attached hydrogen (secondary N) is 1. The van der Waals surface area contributed by atoms with Crippen LogP contribution in [0.5, 0.6) is 0 Å². The molecule has 0 saturated heterocycles. The fourth-order valence-corrected chi connectivity index (χ4v) is 3.59. The third kappa shape index (κ3) is 6.49. The van der Waals surface area contributed by atoms with Crippen molar-refractivity contribution in [1.82, 2.24) is 0 Å². The summed E-state index contributed by atoms with van der Waals surface area (Å²) in [6, 6.07) is 7.06. The Morgan fingerprint density at radius 1 is 0.933 bits per heavy atom. The molecule has 0 bridgehead atoms. The molecule has 0 aliphatic carbocycles. The lowest BCUT2D eigenvalue weighted by molar-refractivity contribution is -0.143. The number of halogens is 7. The summed E-state index contributed by atoms with van der Waals surface area (Å²) in [7, 11) is 0. The van der Waals surface area contributed by atoms with Crippen molar-refractivity contribution >= 4 is 46.9 Å². The van der Waals surface area contributed by atoms with Crippen LogP contribution >= 0.6 is 35.3 Å². The molecule has 0 heterocycles. The molecule has 2 rings (SSSR count). The van der Waals surface area contributed by atoms with Gasteiger partial charge in [0.05, 0.1) is 15.4 Å². The summed E-state index contributed by atoms with van der Waals surface area (Å²) >= 11 is 7.34. The molecule has 2 aromatic carbocycles. The highest BCUT2D eigenvalue weighted by Crippen LogP contribution is 2.38. The van der Waals surface area contributed by atoms with Gasteiger partial charge in [0.15, 0.2) is 0 Å². The largest absolute Gasteiger partial charge is 0.416 e. The Morgan fingerprint density at radius 2 is 1.43 bits per heavy atom. The number of anilines is 1. The zero-order chi connectivity index (χ0) is 22.7. The van der Waals surface area contributed by atoms with E-state index in [-0.39, 0.29) is 10.3 Å². The number of amides is 1. The van der Waals surface area contributed by atoms with E-state index in [0.29, 0.717) is 34.0 Å². The van der Waals surface area contributed by atoms with E-state index in [0.717, 1.165) is 11.8 Å². The Kier molecular flexibility index (Phi) is 7.61. The van der Waals surface area contributed by atoms with Crippen molar-refractivity contribution < 1.29 is 31.1 Å². The molecule has 0 aliphatic heterocycles. The standard InChI is InChI=1S/C17H12ClF6N3OS2/c18-10-1-3-12(4-2-10)29-15(30-26)13(25)14(28)27-11-6-8(16(19,20)21)5-9(7-11)17(22,23)24/h1-7H,25-26H2,(H,27,28)/b15-13-. The highest BCUT2D eigenvalue weighted by Gasteiger charge is 2.37. The van der Waals surface area contributed by atoms with E-state index >= 15 is 0 Å². The zero-order valence-electron chi connectivity index (χ0n) is 14.6. The molecule has 5 N–H and O–H groups in total. The fourth-order valence-electron chi connectivity index (χ4n) is 2.07. The Hall–Kier alpha value is -2.02. The van der Waals surface area contributed by atoms with Crippen molar-refractivity contribution in [3.8, 4) is 0 Å². The normalized spacial score (nSPS) is 13.1. The second kappa shape index (κ2) is 9.41. The fraction of sp³-hybridized carbons (Fsp3) is 0.118. The molecule has 0 aliphatic rings. The highest BCUT2D eigenvalue weighted by molar-refractivity contribution is 8.21. The lowest BCUT2D eigenvalue weighted by Crippen LogP contribution is -2.22. The van der Waals surface area contributed by atoms with Gasteiger partial charge in [-0.15, -0.1) is 0 Å². The smallest absolute Gasteiger partial charge is 0.393 e. The van der Waals surface area contributed by atoms with Crippen LogP contribution in [0.4, 0.5) is 32.0 Å². The van der Waals surface area contributed by atoms with Gasteiger partial charge in [0.1, 0.15) is 5.70 Å². The first-order valence-electron chi connectivity index (χ1n) is 7.72. The number of hydrogen-bond donors (Lipinski definition) is 3. The quantitative estimate of drug-likeness (QED) is 0.213. The third-order valence-electron chi connectivity index (χ3n) is 3.44. The summed E-state index contributed by atoms with van der Waals surface area (Å²) in [4.78, 5) is 12.9. The average molecular weight is 488 g/mol. The lowest BCUT2D eigenvalue weighted by atomic mass is 10.1. The second-order valence-corrected chi connectivity index (χ2v) is 8.05. The van der Waals surface area contributed by atoms with Crippen molar-refractivity contribution in [3.05, 3.63) is 68.5 Å². The summed E-state index contributed by atoms with van der Waals surface area (Å²) in [5.41, 5.74) is 1.38. The summed E-state index contributed by atoms with van der Waals surface area (Å²) in [6.45, 7) is 0. The van der Waals surface area contributed by atoms with Gasteiger partial charge in [-0.3, -0.25) is 9.93 Å². The van der Waals surface area contributed by atoms with E-state index in [1.165, 1.54) is 0 Å². The Morgan fingerprint density at radius 3 is 1.87 bits per heavy atom. The summed E-state index contributed by atoms with van der Waals surface area (Å²) in [6.07, 6.45) is -10.1. The minimum atomic E-state index is -5.05. The van der Waals surface area contributed by atoms with Crippen LogP contribution < -0.4 is 16.2 Å². The number of thioether (sulfide) groups is 1. The van der Waals surface area contributed by atoms with Gasteiger partial charge in [-0.25, -0.2) is 0 Å². The number of rotatable bonds is 5. The van der Waals surface area contributed by atoms with Gasteiger partial charge in [0, 0.05) is 15.6 Å². The van der Waals surface area contributed by atoms with Gasteiger partial charge in [0.25, 0.3) is 5.91 Å². The molecule has 4 nitrogen and oxygen atoms in total. The molecule has 0 fully saturated rings. The molecular weight excluding hydrogens is 476 g/mol. The molecule has 0 unspecified atom stereocenters. The molecule has 30 heavy (non-hydrogen) atoms. The highest BCUT2D eigenvalue weighted by atomic mass is 35.5. The van der Waals surface area contributed by atoms with Gasteiger partial charge in [0.2, 0.25) is 0 Å².